The van der Waals surface area contributed by atoms with E-state index in [1.54, 1.807) is 0 Å². The molecule has 0 aliphatic heterocycles. The average Bonchev–Trinajstić information content (AvgIpc) is 2.77. The number of hydrogen-bond acceptors (Lipinski definition) is 1. The lowest BCUT2D eigenvalue weighted by molar-refractivity contribution is 0.631. The fraction of sp³-hybridized carbons (Fsp3) is 0. The van der Waals surface area contributed by atoms with Gasteiger partial charge in [-0.3, -0.25) is 0 Å². The maximum Gasteiger partial charge on any atom is 0.278 e. The second-order valence-electron chi connectivity index (χ2n) is 6.55. The van der Waals surface area contributed by atoms with E-state index in [2.05, 4.69) is 121 Å². The molecule has 4 aromatic rings. The Morgan fingerprint density at radius 2 is 0.778 bits per heavy atom. The standard InChI is InChI=1S/C24H22OSi2/c1-5-13-21(14-6-1)26-25-27(22-15-7-2-8-16-22,23-17-9-3-10-18-23)24-19-11-4-12-20-24/h1-20H,26H2. The van der Waals surface area contributed by atoms with E-state index in [1.165, 1.54) is 20.7 Å². The summed E-state index contributed by atoms with van der Waals surface area (Å²) in [5, 5.41) is 5.22. The third kappa shape index (κ3) is 3.71. The summed E-state index contributed by atoms with van der Waals surface area (Å²) in [6.07, 6.45) is 0. The van der Waals surface area contributed by atoms with Crippen molar-refractivity contribution >= 4 is 38.8 Å². The summed E-state index contributed by atoms with van der Waals surface area (Å²) in [6.45, 7) is 0. The molecule has 4 rings (SSSR count). The first-order valence-electron chi connectivity index (χ1n) is 9.24. The second kappa shape index (κ2) is 8.31. The van der Waals surface area contributed by atoms with Crippen molar-refractivity contribution in [3.8, 4) is 0 Å². The lowest BCUT2D eigenvalue weighted by Gasteiger charge is -2.33. The highest BCUT2D eigenvalue weighted by Crippen LogP contribution is 2.09. The predicted molar refractivity (Wildman–Crippen MR) is 120 cm³/mol. The molecule has 0 amide bonds. The number of rotatable bonds is 6. The van der Waals surface area contributed by atoms with Crippen LogP contribution in [0.2, 0.25) is 0 Å². The van der Waals surface area contributed by atoms with Gasteiger partial charge >= 0.3 is 0 Å². The average molecular weight is 383 g/mol. The largest absolute Gasteiger partial charge is 0.447 e. The Bertz CT molecular complexity index is 861. The van der Waals surface area contributed by atoms with Crippen LogP contribution >= 0.6 is 0 Å². The van der Waals surface area contributed by atoms with Crippen molar-refractivity contribution in [1.82, 2.24) is 0 Å². The Labute approximate surface area is 164 Å². The van der Waals surface area contributed by atoms with Crippen molar-refractivity contribution in [1.29, 1.82) is 0 Å². The van der Waals surface area contributed by atoms with Crippen molar-refractivity contribution < 1.29 is 4.12 Å². The van der Waals surface area contributed by atoms with Crippen LogP contribution in [0, 0.1) is 0 Å². The molecule has 0 unspecified atom stereocenters. The summed E-state index contributed by atoms with van der Waals surface area (Å²) in [6, 6.07) is 43.0. The molecule has 0 aliphatic rings. The zero-order chi connectivity index (χ0) is 18.4. The third-order valence-corrected chi connectivity index (χ3v) is 11.4. The Hall–Kier alpha value is -2.73. The van der Waals surface area contributed by atoms with Gasteiger partial charge in [0.1, 0.15) is 0 Å². The quantitative estimate of drug-likeness (QED) is 0.366. The van der Waals surface area contributed by atoms with E-state index in [0.717, 1.165) is 0 Å². The van der Waals surface area contributed by atoms with E-state index >= 15 is 0 Å². The molecule has 0 saturated carbocycles. The highest BCUT2D eigenvalue weighted by Gasteiger charge is 2.41. The molecule has 0 N–H and O–H groups in total. The van der Waals surface area contributed by atoms with Crippen LogP contribution in [0.4, 0.5) is 0 Å². The minimum atomic E-state index is -2.54. The molecule has 132 valence electrons. The van der Waals surface area contributed by atoms with Gasteiger partial charge in [-0.1, -0.05) is 121 Å². The molecule has 0 atom stereocenters. The molecule has 0 fully saturated rings. The Kier molecular flexibility index (Phi) is 5.44. The highest BCUT2D eigenvalue weighted by molar-refractivity contribution is 7.09. The van der Waals surface area contributed by atoms with Crippen LogP contribution in [0.25, 0.3) is 0 Å². The zero-order valence-electron chi connectivity index (χ0n) is 15.2. The van der Waals surface area contributed by atoms with Gasteiger partial charge in [-0.05, 0) is 20.7 Å². The normalized spacial score (nSPS) is 11.7. The van der Waals surface area contributed by atoms with Gasteiger partial charge in [0.25, 0.3) is 8.32 Å². The molecular formula is C24H22OSi2. The third-order valence-electron chi connectivity index (χ3n) is 4.84. The molecule has 0 bridgehead atoms. The fourth-order valence-electron chi connectivity index (χ4n) is 3.53. The molecule has 0 spiro atoms. The smallest absolute Gasteiger partial charge is 0.278 e. The molecular weight excluding hydrogens is 360 g/mol. The predicted octanol–water partition coefficient (Wildman–Crippen LogP) is 2.08. The van der Waals surface area contributed by atoms with E-state index in [9.17, 15) is 0 Å². The molecule has 4 aromatic carbocycles. The van der Waals surface area contributed by atoms with Gasteiger partial charge in [-0.2, -0.15) is 0 Å². The van der Waals surface area contributed by atoms with Crippen molar-refractivity contribution in [2.24, 2.45) is 0 Å². The first-order chi connectivity index (χ1) is 13.4. The van der Waals surface area contributed by atoms with E-state index in [4.69, 9.17) is 4.12 Å². The van der Waals surface area contributed by atoms with E-state index in [-0.39, 0.29) is 0 Å². The number of benzene rings is 4. The van der Waals surface area contributed by atoms with E-state index < -0.39 is 18.1 Å². The molecule has 27 heavy (non-hydrogen) atoms. The summed E-state index contributed by atoms with van der Waals surface area (Å²) in [5.74, 6) is 0. The summed E-state index contributed by atoms with van der Waals surface area (Å²) in [5.41, 5.74) is 0. The van der Waals surface area contributed by atoms with Crippen molar-refractivity contribution in [2.75, 3.05) is 0 Å². The fourth-order valence-corrected chi connectivity index (χ4v) is 10.5. The molecule has 0 aromatic heterocycles. The van der Waals surface area contributed by atoms with Crippen LogP contribution in [0.5, 0.6) is 0 Å². The van der Waals surface area contributed by atoms with Crippen LogP contribution in [0.3, 0.4) is 0 Å². The van der Waals surface area contributed by atoms with Gasteiger partial charge in [-0.25, -0.2) is 0 Å². The molecule has 3 heteroatoms. The van der Waals surface area contributed by atoms with E-state index in [0.29, 0.717) is 0 Å². The lowest BCUT2D eigenvalue weighted by Crippen LogP contribution is -2.70. The SMILES string of the molecule is c1ccc([SiH2]O[Si](c2ccccc2)(c2ccccc2)c2ccccc2)cc1. The first kappa shape index (κ1) is 17.7. The summed E-state index contributed by atoms with van der Waals surface area (Å²) >= 11 is 0. The molecule has 0 radical (unpaired) electrons. The Balaban J connectivity index is 1.89. The monoisotopic (exact) mass is 382 g/mol. The van der Waals surface area contributed by atoms with Gasteiger partial charge in [-0.15, -0.1) is 0 Å². The molecule has 0 heterocycles. The maximum atomic E-state index is 7.05. The first-order valence-corrected chi connectivity index (χ1v) is 12.4. The van der Waals surface area contributed by atoms with Crippen LogP contribution < -0.4 is 20.7 Å². The molecule has 1 nitrogen and oxygen atoms in total. The molecule has 0 aliphatic carbocycles. The van der Waals surface area contributed by atoms with Gasteiger partial charge < -0.3 is 4.12 Å². The topological polar surface area (TPSA) is 9.23 Å². The summed E-state index contributed by atoms with van der Waals surface area (Å²) < 4.78 is 7.05. The van der Waals surface area contributed by atoms with Gasteiger partial charge in [0.2, 0.25) is 0 Å². The van der Waals surface area contributed by atoms with Crippen LogP contribution in [-0.2, 0) is 4.12 Å². The van der Waals surface area contributed by atoms with Crippen molar-refractivity contribution in [3.05, 3.63) is 121 Å². The Morgan fingerprint density at radius 1 is 0.444 bits per heavy atom. The maximum absolute atomic E-state index is 7.05. The summed E-state index contributed by atoms with van der Waals surface area (Å²) in [7, 11) is -3.43. The van der Waals surface area contributed by atoms with Crippen LogP contribution in [0.1, 0.15) is 0 Å². The highest BCUT2D eigenvalue weighted by atomic mass is 28.4. The van der Waals surface area contributed by atoms with Crippen molar-refractivity contribution in [2.45, 2.75) is 0 Å². The van der Waals surface area contributed by atoms with Gasteiger partial charge in [0.05, 0.1) is 0 Å². The van der Waals surface area contributed by atoms with Crippen LogP contribution in [0.15, 0.2) is 121 Å². The minimum absolute atomic E-state index is 0.885. The van der Waals surface area contributed by atoms with E-state index in [1.807, 2.05) is 0 Å². The summed E-state index contributed by atoms with van der Waals surface area (Å²) in [4.78, 5) is 0. The van der Waals surface area contributed by atoms with Gasteiger partial charge in [0, 0.05) is 0 Å². The van der Waals surface area contributed by atoms with Crippen molar-refractivity contribution in [3.63, 3.8) is 0 Å². The Morgan fingerprint density at radius 3 is 1.15 bits per heavy atom. The van der Waals surface area contributed by atoms with Crippen LogP contribution in [-0.4, -0.2) is 18.1 Å². The molecule has 0 saturated heterocycles. The lowest BCUT2D eigenvalue weighted by atomic mass is 10.3. The minimum Gasteiger partial charge on any atom is -0.447 e. The zero-order valence-corrected chi connectivity index (χ0v) is 17.6. The second-order valence-corrected chi connectivity index (χ2v) is 11.9. The number of hydrogen-bond donors (Lipinski definition) is 0. The van der Waals surface area contributed by atoms with Gasteiger partial charge in [0.15, 0.2) is 9.76 Å².